The third-order valence-electron chi connectivity index (χ3n) is 3.95. The Bertz CT molecular complexity index is 724. The number of hydrogen-bond donors (Lipinski definition) is 1. The van der Waals surface area contributed by atoms with E-state index in [0.717, 1.165) is 5.56 Å². The molecule has 0 bridgehead atoms. The van der Waals surface area contributed by atoms with Crippen molar-refractivity contribution in [3.8, 4) is 6.07 Å². The standard InChI is InChI=1S/C17H14F2N2O/c18-12-6-4-11(5-7-12)17-8-13(22)10-21(17)16-3-1-2-15(19)14(16)9-20/h1-7,13,17,22H,8,10H2. The zero-order valence-corrected chi connectivity index (χ0v) is 11.7. The molecule has 1 fully saturated rings. The number of β-amino-alcohol motifs (C(OH)–C–C–N with tert-alkyl or cyclic N) is 1. The Kier molecular flexibility index (Phi) is 3.78. The first-order chi connectivity index (χ1) is 10.6. The molecule has 2 unspecified atom stereocenters. The Labute approximate surface area is 127 Å². The molecule has 0 amide bonds. The Hall–Kier alpha value is -2.45. The zero-order valence-electron chi connectivity index (χ0n) is 11.7. The molecule has 2 aromatic rings. The Morgan fingerprint density at radius 3 is 2.55 bits per heavy atom. The van der Waals surface area contributed by atoms with E-state index in [1.807, 2.05) is 6.07 Å². The average molecular weight is 300 g/mol. The summed E-state index contributed by atoms with van der Waals surface area (Å²) < 4.78 is 26.9. The molecule has 5 heteroatoms. The maximum absolute atomic E-state index is 13.8. The van der Waals surface area contributed by atoms with Crippen LogP contribution in [0, 0.1) is 23.0 Å². The number of halogens is 2. The maximum Gasteiger partial charge on any atom is 0.143 e. The number of benzene rings is 2. The summed E-state index contributed by atoms with van der Waals surface area (Å²) >= 11 is 0. The van der Waals surface area contributed by atoms with E-state index >= 15 is 0 Å². The van der Waals surface area contributed by atoms with Crippen molar-refractivity contribution in [3.05, 3.63) is 65.2 Å². The van der Waals surface area contributed by atoms with Crippen LogP contribution in [0.5, 0.6) is 0 Å². The molecule has 1 N–H and O–H groups in total. The molecule has 112 valence electrons. The van der Waals surface area contributed by atoms with Crippen molar-refractivity contribution in [1.82, 2.24) is 0 Å². The molecule has 1 heterocycles. The van der Waals surface area contributed by atoms with Gasteiger partial charge in [-0.05, 0) is 36.2 Å². The summed E-state index contributed by atoms with van der Waals surface area (Å²) in [5, 5.41) is 19.2. The number of aliphatic hydroxyl groups excluding tert-OH is 1. The van der Waals surface area contributed by atoms with Gasteiger partial charge in [-0.15, -0.1) is 0 Å². The van der Waals surface area contributed by atoms with Gasteiger partial charge in [0.2, 0.25) is 0 Å². The monoisotopic (exact) mass is 300 g/mol. The van der Waals surface area contributed by atoms with E-state index in [0.29, 0.717) is 18.7 Å². The van der Waals surface area contributed by atoms with E-state index in [2.05, 4.69) is 0 Å². The second-order valence-electron chi connectivity index (χ2n) is 5.36. The smallest absolute Gasteiger partial charge is 0.143 e. The summed E-state index contributed by atoms with van der Waals surface area (Å²) in [6.07, 6.45) is -0.127. The molecule has 2 atom stereocenters. The number of anilines is 1. The molecule has 0 radical (unpaired) electrons. The number of aliphatic hydroxyl groups is 1. The fourth-order valence-corrected chi connectivity index (χ4v) is 2.94. The Morgan fingerprint density at radius 1 is 1.14 bits per heavy atom. The summed E-state index contributed by atoms with van der Waals surface area (Å²) in [5.41, 5.74) is 1.24. The molecule has 1 aliphatic rings. The predicted molar refractivity (Wildman–Crippen MR) is 78.2 cm³/mol. The van der Waals surface area contributed by atoms with Crippen LogP contribution >= 0.6 is 0 Å². The minimum absolute atomic E-state index is 0.0382. The summed E-state index contributed by atoms with van der Waals surface area (Å²) in [5.74, 6) is -0.920. The highest BCUT2D eigenvalue weighted by Crippen LogP contribution is 2.38. The third kappa shape index (κ3) is 2.53. The first-order valence-corrected chi connectivity index (χ1v) is 6.99. The molecule has 22 heavy (non-hydrogen) atoms. The van der Waals surface area contributed by atoms with E-state index in [1.165, 1.54) is 24.3 Å². The molecule has 0 saturated carbocycles. The molecule has 0 aliphatic carbocycles. The highest BCUT2D eigenvalue weighted by atomic mass is 19.1. The highest BCUT2D eigenvalue weighted by molar-refractivity contribution is 5.62. The summed E-state index contributed by atoms with van der Waals surface area (Å²) in [7, 11) is 0. The lowest BCUT2D eigenvalue weighted by Crippen LogP contribution is -2.25. The minimum atomic E-state index is -0.584. The number of rotatable bonds is 2. The number of nitriles is 1. The molecule has 0 spiro atoms. The summed E-state index contributed by atoms with van der Waals surface area (Å²) in [6, 6.07) is 12.1. The van der Waals surface area contributed by atoms with E-state index < -0.39 is 11.9 Å². The van der Waals surface area contributed by atoms with Crippen LogP contribution < -0.4 is 4.90 Å². The largest absolute Gasteiger partial charge is 0.391 e. The summed E-state index contributed by atoms with van der Waals surface area (Å²) in [4.78, 5) is 1.81. The molecular formula is C17H14F2N2O. The van der Waals surface area contributed by atoms with Crippen molar-refractivity contribution in [3.63, 3.8) is 0 Å². The van der Waals surface area contributed by atoms with E-state index in [-0.39, 0.29) is 17.4 Å². The van der Waals surface area contributed by atoms with Gasteiger partial charge in [0.25, 0.3) is 0 Å². The van der Waals surface area contributed by atoms with Gasteiger partial charge in [0.1, 0.15) is 23.3 Å². The summed E-state index contributed by atoms with van der Waals surface area (Å²) in [6.45, 7) is 0.306. The Balaban J connectivity index is 2.03. The van der Waals surface area contributed by atoms with Gasteiger partial charge in [0, 0.05) is 6.54 Å². The second-order valence-corrected chi connectivity index (χ2v) is 5.36. The van der Waals surface area contributed by atoms with Crippen LogP contribution in [0.25, 0.3) is 0 Å². The molecule has 1 aliphatic heterocycles. The molecule has 1 saturated heterocycles. The van der Waals surface area contributed by atoms with Gasteiger partial charge in [-0.2, -0.15) is 5.26 Å². The quantitative estimate of drug-likeness (QED) is 0.927. The molecule has 3 nitrogen and oxygen atoms in total. The maximum atomic E-state index is 13.8. The topological polar surface area (TPSA) is 47.3 Å². The minimum Gasteiger partial charge on any atom is -0.391 e. The second kappa shape index (κ2) is 5.74. The van der Waals surface area contributed by atoms with Crippen LogP contribution in [0.2, 0.25) is 0 Å². The van der Waals surface area contributed by atoms with Crippen LogP contribution in [0.4, 0.5) is 14.5 Å². The van der Waals surface area contributed by atoms with Gasteiger partial charge in [-0.3, -0.25) is 0 Å². The lowest BCUT2D eigenvalue weighted by atomic mass is 10.0. The highest BCUT2D eigenvalue weighted by Gasteiger charge is 2.33. The van der Waals surface area contributed by atoms with Gasteiger partial charge in [0.15, 0.2) is 0 Å². The average Bonchev–Trinajstić information content (AvgIpc) is 2.89. The SMILES string of the molecule is N#Cc1c(F)cccc1N1CC(O)CC1c1ccc(F)cc1. The van der Waals surface area contributed by atoms with Crippen LogP contribution in [0.15, 0.2) is 42.5 Å². The molecule has 3 rings (SSSR count). The van der Waals surface area contributed by atoms with Crippen LogP contribution in [-0.4, -0.2) is 17.8 Å². The Morgan fingerprint density at radius 2 is 1.86 bits per heavy atom. The van der Waals surface area contributed by atoms with E-state index in [9.17, 15) is 19.1 Å². The van der Waals surface area contributed by atoms with Gasteiger partial charge in [-0.1, -0.05) is 18.2 Å². The molecular weight excluding hydrogens is 286 g/mol. The van der Waals surface area contributed by atoms with E-state index in [4.69, 9.17) is 0 Å². The fraction of sp³-hybridized carbons (Fsp3) is 0.235. The lowest BCUT2D eigenvalue weighted by Gasteiger charge is -2.27. The lowest BCUT2D eigenvalue weighted by molar-refractivity contribution is 0.194. The predicted octanol–water partition coefficient (Wildman–Crippen LogP) is 3.15. The molecule has 2 aromatic carbocycles. The van der Waals surface area contributed by atoms with Crippen molar-refractivity contribution in [2.75, 3.05) is 11.4 Å². The van der Waals surface area contributed by atoms with Crippen molar-refractivity contribution >= 4 is 5.69 Å². The fourth-order valence-electron chi connectivity index (χ4n) is 2.94. The van der Waals surface area contributed by atoms with Gasteiger partial charge >= 0.3 is 0 Å². The molecule has 0 aromatic heterocycles. The van der Waals surface area contributed by atoms with Gasteiger partial charge < -0.3 is 10.0 Å². The normalized spacial score (nSPS) is 20.9. The van der Waals surface area contributed by atoms with Crippen molar-refractivity contribution in [2.45, 2.75) is 18.6 Å². The van der Waals surface area contributed by atoms with Gasteiger partial charge in [-0.25, -0.2) is 8.78 Å². The zero-order chi connectivity index (χ0) is 15.7. The van der Waals surface area contributed by atoms with Crippen molar-refractivity contribution < 1.29 is 13.9 Å². The van der Waals surface area contributed by atoms with Crippen LogP contribution in [-0.2, 0) is 0 Å². The van der Waals surface area contributed by atoms with E-state index in [1.54, 1.807) is 23.1 Å². The van der Waals surface area contributed by atoms with Crippen molar-refractivity contribution in [1.29, 1.82) is 5.26 Å². The first kappa shape index (κ1) is 14.5. The van der Waals surface area contributed by atoms with Crippen LogP contribution in [0.1, 0.15) is 23.6 Å². The van der Waals surface area contributed by atoms with Crippen molar-refractivity contribution in [2.24, 2.45) is 0 Å². The first-order valence-electron chi connectivity index (χ1n) is 6.99. The number of nitrogens with zero attached hydrogens (tertiary/aromatic N) is 2. The van der Waals surface area contributed by atoms with Gasteiger partial charge in [0.05, 0.1) is 17.8 Å². The van der Waals surface area contributed by atoms with Crippen LogP contribution in [0.3, 0.4) is 0 Å². The third-order valence-corrected chi connectivity index (χ3v) is 3.95. The number of hydrogen-bond acceptors (Lipinski definition) is 3.